The first-order valence-corrected chi connectivity index (χ1v) is 16.3. The van der Waals surface area contributed by atoms with Gasteiger partial charge < -0.3 is 29.7 Å². The molecule has 3 N–H and O–H groups in total. The van der Waals surface area contributed by atoms with E-state index in [4.69, 9.17) is 19.3 Å². The Morgan fingerprint density at radius 2 is 1.72 bits per heavy atom. The summed E-state index contributed by atoms with van der Waals surface area (Å²) in [7, 11) is 1.76. The molecule has 0 aromatic heterocycles. The molecule has 0 radical (unpaired) electrons. The Morgan fingerprint density at radius 1 is 0.957 bits per heavy atom. The molecule has 246 valence electrons. The van der Waals surface area contributed by atoms with Crippen molar-refractivity contribution in [3.63, 3.8) is 0 Å². The molecule has 3 aromatic rings. The summed E-state index contributed by atoms with van der Waals surface area (Å²) >= 11 is 0. The summed E-state index contributed by atoms with van der Waals surface area (Å²) < 4.78 is 19.0. The molecule has 1 amide bonds. The molecule has 0 bridgehead atoms. The Kier molecular flexibility index (Phi) is 12.0. The van der Waals surface area contributed by atoms with Crippen molar-refractivity contribution >= 4 is 11.9 Å². The van der Waals surface area contributed by atoms with Gasteiger partial charge in [-0.05, 0) is 65.8 Å². The third-order valence-corrected chi connectivity index (χ3v) is 9.10. The molecule has 46 heavy (non-hydrogen) atoms. The second kappa shape index (κ2) is 16.3. The van der Waals surface area contributed by atoms with Gasteiger partial charge in [0.2, 0.25) is 5.91 Å². The monoisotopic (exact) mass is 630 g/mol. The number of hydrogen-bond donors (Lipinski definition) is 3. The largest absolute Gasteiger partial charge is 0.481 e. The lowest BCUT2D eigenvalue weighted by molar-refractivity contribution is -0.276. The minimum atomic E-state index is -0.897. The van der Waals surface area contributed by atoms with Crippen molar-refractivity contribution in [2.24, 2.45) is 5.92 Å². The normalized spacial score (nSPS) is 23.3. The number of carboxylic acids is 1. The highest BCUT2D eigenvalue weighted by Crippen LogP contribution is 2.43. The van der Waals surface area contributed by atoms with Crippen LogP contribution < -0.4 is 5.32 Å². The minimum absolute atomic E-state index is 0.00127. The summed E-state index contributed by atoms with van der Waals surface area (Å²) in [4.78, 5) is 25.4. The first kappa shape index (κ1) is 33.8. The number of carbonyl (C=O) groups is 2. The van der Waals surface area contributed by atoms with Crippen molar-refractivity contribution < 1.29 is 34.0 Å². The van der Waals surface area contributed by atoms with E-state index in [-0.39, 0.29) is 43.5 Å². The number of carboxylic acid groups (broad SMARTS) is 1. The fourth-order valence-electron chi connectivity index (χ4n) is 6.49. The average Bonchev–Trinajstić information content (AvgIpc) is 3.51. The fourth-order valence-corrected chi connectivity index (χ4v) is 6.49. The van der Waals surface area contributed by atoms with Crippen molar-refractivity contribution in [1.29, 1.82) is 0 Å². The molecule has 9 nitrogen and oxygen atoms in total. The zero-order valence-electron chi connectivity index (χ0n) is 26.8. The van der Waals surface area contributed by atoms with Crippen molar-refractivity contribution in [3.8, 4) is 11.1 Å². The summed E-state index contributed by atoms with van der Waals surface area (Å²) in [5.74, 6) is -0.961. The van der Waals surface area contributed by atoms with Gasteiger partial charge in [-0.1, -0.05) is 67.6 Å². The number of ether oxygens (including phenoxy) is 3. The van der Waals surface area contributed by atoms with E-state index in [1.54, 1.807) is 7.11 Å². The number of rotatable bonds is 14. The smallest absolute Gasteiger partial charge is 0.303 e. The first-order chi connectivity index (χ1) is 22.3. The van der Waals surface area contributed by atoms with Gasteiger partial charge >= 0.3 is 5.97 Å². The highest BCUT2D eigenvalue weighted by Gasteiger charge is 2.40. The quantitative estimate of drug-likeness (QED) is 0.210. The first-order valence-electron chi connectivity index (χ1n) is 16.3. The van der Waals surface area contributed by atoms with Crippen molar-refractivity contribution in [3.05, 3.63) is 95.1 Å². The Morgan fingerprint density at radius 3 is 2.46 bits per heavy atom. The molecule has 0 spiro atoms. The number of benzene rings is 3. The maximum absolute atomic E-state index is 12.2. The van der Waals surface area contributed by atoms with Gasteiger partial charge in [0.05, 0.1) is 25.4 Å². The summed E-state index contributed by atoms with van der Waals surface area (Å²) in [5, 5.41) is 21.3. The molecule has 2 saturated heterocycles. The number of nitrogens with one attached hydrogen (secondary N) is 1. The van der Waals surface area contributed by atoms with E-state index >= 15 is 0 Å². The van der Waals surface area contributed by atoms with Gasteiger partial charge in [-0.3, -0.25) is 14.5 Å². The van der Waals surface area contributed by atoms with Crippen molar-refractivity contribution in [2.45, 2.75) is 76.7 Å². The second-order valence-corrected chi connectivity index (χ2v) is 12.4. The van der Waals surface area contributed by atoms with Gasteiger partial charge in [0.25, 0.3) is 0 Å². The molecule has 5 rings (SSSR count). The molecule has 9 heteroatoms. The third-order valence-electron chi connectivity index (χ3n) is 9.10. The molecule has 0 aliphatic carbocycles. The predicted molar refractivity (Wildman–Crippen MR) is 175 cm³/mol. The van der Waals surface area contributed by atoms with Crippen LogP contribution in [0.2, 0.25) is 0 Å². The standard InChI is InChI=1S/C37H46N2O7/c1-25-33(22-39-18-6-11-32(39)24-44-2)45-37(46-36(25)28-16-14-26(23-40)15-17-28)31-10-4-9-30(20-31)29-8-3-7-27(19-29)21-38-34(41)12-5-13-35(42)43/h3-4,7-10,14-17,19-20,25,32-33,36-37,40H,5-6,11-13,18,21-24H2,1-2H3,(H,38,41)(H,42,43)/t25-,32+,33+,36+,37+/m1/s1. The van der Waals surface area contributed by atoms with Crippen LogP contribution in [0.3, 0.4) is 0 Å². The molecule has 0 unspecified atom stereocenters. The van der Waals surface area contributed by atoms with E-state index in [9.17, 15) is 14.7 Å². The van der Waals surface area contributed by atoms with E-state index < -0.39 is 12.3 Å². The summed E-state index contributed by atoms with van der Waals surface area (Å²) in [6.45, 7) is 5.09. The van der Waals surface area contributed by atoms with Gasteiger partial charge in [-0.2, -0.15) is 0 Å². The van der Waals surface area contributed by atoms with Crippen LogP contribution in [0.1, 0.15) is 73.7 Å². The maximum Gasteiger partial charge on any atom is 0.303 e. The van der Waals surface area contributed by atoms with Crippen LogP contribution in [0.5, 0.6) is 0 Å². The van der Waals surface area contributed by atoms with Crippen molar-refractivity contribution in [1.82, 2.24) is 10.2 Å². The molecule has 3 aromatic carbocycles. The van der Waals surface area contributed by atoms with Crippen LogP contribution >= 0.6 is 0 Å². The van der Waals surface area contributed by atoms with Crippen LogP contribution in [-0.2, 0) is 37.0 Å². The van der Waals surface area contributed by atoms with Gasteiger partial charge in [-0.25, -0.2) is 0 Å². The second-order valence-electron chi connectivity index (χ2n) is 12.4. The van der Waals surface area contributed by atoms with E-state index in [0.717, 1.165) is 59.3 Å². The molecule has 2 aliphatic rings. The highest BCUT2D eigenvalue weighted by molar-refractivity contribution is 5.76. The molecule has 2 aliphatic heterocycles. The Bertz CT molecular complexity index is 1450. The SMILES string of the molecule is COC[C@@H]1CCCN1C[C@@H]1O[C@H](c2cccc(-c3cccc(CNC(=O)CCCC(=O)O)c3)c2)O[C@H](c2ccc(CO)cc2)[C@@H]1C. The molecular formula is C37H46N2O7. The topological polar surface area (TPSA) is 118 Å². The molecule has 5 atom stereocenters. The Balaban J connectivity index is 1.34. The van der Waals surface area contributed by atoms with Gasteiger partial charge in [0.1, 0.15) is 0 Å². The highest BCUT2D eigenvalue weighted by atomic mass is 16.7. The third kappa shape index (κ3) is 8.80. The number of carbonyl (C=O) groups excluding carboxylic acids is 1. The van der Waals surface area contributed by atoms with Gasteiger partial charge in [0, 0.05) is 50.6 Å². The van der Waals surface area contributed by atoms with E-state index in [1.165, 1.54) is 0 Å². The number of aliphatic carboxylic acids is 1. The molecule has 0 saturated carbocycles. The average molecular weight is 631 g/mol. The number of amides is 1. The zero-order chi connectivity index (χ0) is 32.5. The number of aliphatic hydroxyl groups excluding tert-OH is 1. The van der Waals surface area contributed by atoms with Crippen LogP contribution in [0.25, 0.3) is 11.1 Å². The minimum Gasteiger partial charge on any atom is -0.481 e. The predicted octanol–water partition coefficient (Wildman–Crippen LogP) is 5.62. The summed E-state index contributed by atoms with van der Waals surface area (Å²) in [6, 6.07) is 24.6. The van der Waals surface area contributed by atoms with E-state index in [2.05, 4.69) is 35.3 Å². The molecular weight excluding hydrogens is 584 g/mol. The number of hydrogen-bond acceptors (Lipinski definition) is 7. The van der Waals surface area contributed by atoms with E-state index in [0.29, 0.717) is 25.6 Å². The van der Waals surface area contributed by atoms with Crippen LogP contribution in [0.4, 0.5) is 0 Å². The van der Waals surface area contributed by atoms with E-state index in [1.807, 2.05) is 54.6 Å². The number of likely N-dealkylation sites (tertiary alicyclic amines) is 1. The van der Waals surface area contributed by atoms with Gasteiger partial charge in [0.15, 0.2) is 6.29 Å². The summed E-state index contributed by atoms with van der Waals surface area (Å²) in [5.41, 5.74) is 5.83. The number of methoxy groups -OCH3 is 1. The molecule has 2 heterocycles. The van der Waals surface area contributed by atoms with Gasteiger partial charge in [-0.15, -0.1) is 0 Å². The Labute approximate surface area is 271 Å². The van der Waals surface area contributed by atoms with Crippen LogP contribution in [0.15, 0.2) is 72.8 Å². The van der Waals surface area contributed by atoms with Crippen molar-refractivity contribution in [2.75, 3.05) is 26.8 Å². The zero-order valence-corrected chi connectivity index (χ0v) is 26.8. The van der Waals surface area contributed by atoms with Crippen LogP contribution in [0, 0.1) is 5.92 Å². The maximum atomic E-state index is 12.2. The number of aliphatic hydroxyl groups is 1. The Hall–Kier alpha value is -3.60. The summed E-state index contributed by atoms with van der Waals surface area (Å²) in [6.07, 6.45) is 1.94. The lowest BCUT2D eigenvalue weighted by Crippen LogP contribution is -2.46. The lowest BCUT2D eigenvalue weighted by Gasteiger charge is -2.43. The van der Waals surface area contributed by atoms with Crippen LogP contribution in [-0.4, -0.2) is 65.9 Å². The fraction of sp³-hybridized carbons (Fsp3) is 0.459. The molecule has 2 fully saturated rings. The number of nitrogens with zero attached hydrogens (tertiary/aromatic N) is 1. The lowest BCUT2D eigenvalue weighted by atomic mass is 9.89.